The molecule has 0 aliphatic heterocycles. The van der Waals surface area contributed by atoms with E-state index in [-0.39, 0.29) is 5.97 Å². The number of ether oxygens (including phenoxy) is 1. The third-order valence-corrected chi connectivity index (χ3v) is 2.03. The maximum atomic E-state index is 10.9. The van der Waals surface area contributed by atoms with E-state index in [1.165, 1.54) is 0 Å². The SMILES string of the molecule is C=C(Br)CCCCCC(=O)OCC. The highest BCUT2D eigenvalue weighted by atomic mass is 79.9. The molecule has 0 amide bonds. The summed E-state index contributed by atoms with van der Waals surface area (Å²) in [6.07, 6.45) is 4.59. The van der Waals surface area contributed by atoms with Crippen LogP contribution < -0.4 is 0 Å². The van der Waals surface area contributed by atoms with Gasteiger partial charge in [0.05, 0.1) is 6.61 Å². The summed E-state index contributed by atoms with van der Waals surface area (Å²) >= 11 is 3.29. The molecule has 0 atom stereocenters. The first kappa shape index (κ1) is 12.7. The first-order valence-corrected chi connectivity index (χ1v) is 5.45. The van der Waals surface area contributed by atoms with Crippen molar-refractivity contribution in [2.75, 3.05) is 6.61 Å². The third-order valence-electron chi connectivity index (χ3n) is 1.63. The number of allylic oxidation sites excluding steroid dienone is 1. The minimum absolute atomic E-state index is 0.0832. The van der Waals surface area contributed by atoms with Gasteiger partial charge in [-0.3, -0.25) is 4.79 Å². The van der Waals surface area contributed by atoms with E-state index in [1.807, 2.05) is 6.92 Å². The Bertz CT molecular complexity index is 166. The van der Waals surface area contributed by atoms with Gasteiger partial charge in [-0.15, -0.1) is 0 Å². The Kier molecular flexibility index (Phi) is 8.10. The van der Waals surface area contributed by atoms with Crippen LogP contribution in [0.25, 0.3) is 0 Å². The molecule has 0 radical (unpaired) electrons. The smallest absolute Gasteiger partial charge is 0.305 e. The molecular formula is C10H17BrO2. The summed E-state index contributed by atoms with van der Waals surface area (Å²) in [4.78, 5) is 10.9. The second-order valence-corrected chi connectivity index (χ2v) is 4.00. The van der Waals surface area contributed by atoms with Gasteiger partial charge in [-0.1, -0.05) is 28.9 Å². The predicted octanol–water partition coefficient (Wildman–Crippen LogP) is 3.41. The van der Waals surface area contributed by atoms with Gasteiger partial charge in [0.25, 0.3) is 0 Å². The van der Waals surface area contributed by atoms with Crippen molar-refractivity contribution in [2.24, 2.45) is 0 Å². The lowest BCUT2D eigenvalue weighted by molar-refractivity contribution is -0.143. The molecule has 0 saturated heterocycles. The molecule has 2 nitrogen and oxygen atoms in total. The van der Waals surface area contributed by atoms with Gasteiger partial charge in [-0.25, -0.2) is 0 Å². The number of halogens is 1. The maximum absolute atomic E-state index is 10.9. The molecule has 0 aromatic carbocycles. The van der Waals surface area contributed by atoms with Crippen LogP contribution in [0, 0.1) is 0 Å². The fourth-order valence-corrected chi connectivity index (χ4v) is 1.28. The molecule has 0 fully saturated rings. The van der Waals surface area contributed by atoms with Crippen LogP contribution in [0.2, 0.25) is 0 Å². The highest BCUT2D eigenvalue weighted by Gasteiger charge is 2.00. The van der Waals surface area contributed by atoms with Gasteiger partial charge in [-0.2, -0.15) is 0 Å². The molecule has 0 saturated carbocycles. The second kappa shape index (κ2) is 8.30. The number of carbonyl (C=O) groups is 1. The average Bonchev–Trinajstić information content (AvgIpc) is 2.03. The zero-order chi connectivity index (χ0) is 10.1. The lowest BCUT2D eigenvalue weighted by Gasteiger charge is -2.01. The molecule has 0 heterocycles. The fraction of sp³-hybridized carbons (Fsp3) is 0.700. The third kappa shape index (κ3) is 9.61. The highest BCUT2D eigenvalue weighted by Crippen LogP contribution is 2.13. The summed E-state index contributed by atoms with van der Waals surface area (Å²) in [7, 11) is 0. The summed E-state index contributed by atoms with van der Waals surface area (Å²) in [5, 5.41) is 0. The van der Waals surface area contributed by atoms with Gasteiger partial charge in [0, 0.05) is 6.42 Å². The van der Waals surface area contributed by atoms with Crippen molar-refractivity contribution in [3.8, 4) is 0 Å². The number of hydrogen-bond acceptors (Lipinski definition) is 2. The van der Waals surface area contributed by atoms with Crippen LogP contribution in [0.3, 0.4) is 0 Å². The molecule has 76 valence electrons. The predicted molar refractivity (Wildman–Crippen MR) is 57.8 cm³/mol. The molecule has 0 aromatic heterocycles. The molecule has 0 aliphatic rings. The van der Waals surface area contributed by atoms with E-state index >= 15 is 0 Å². The molecule has 3 heteroatoms. The van der Waals surface area contributed by atoms with Crippen LogP contribution in [0.15, 0.2) is 11.1 Å². The Morgan fingerprint density at radius 1 is 1.31 bits per heavy atom. The largest absolute Gasteiger partial charge is 0.466 e. The normalized spacial score (nSPS) is 9.69. The van der Waals surface area contributed by atoms with Crippen molar-refractivity contribution in [3.05, 3.63) is 11.1 Å². The van der Waals surface area contributed by atoms with Crippen LogP contribution >= 0.6 is 15.9 Å². The highest BCUT2D eigenvalue weighted by molar-refractivity contribution is 9.11. The quantitative estimate of drug-likeness (QED) is 0.510. The van der Waals surface area contributed by atoms with Crippen molar-refractivity contribution in [1.29, 1.82) is 0 Å². The number of rotatable bonds is 7. The average molecular weight is 249 g/mol. The van der Waals surface area contributed by atoms with E-state index in [1.54, 1.807) is 0 Å². The van der Waals surface area contributed by atoms with Gasteiger partial charge in [0.1, 0.15) is 0 Å². The molecule has 0 rings (SSSR count). The molecule has 0 N–H and O–H groups in total. The number of unbranched alkanes of at least 4 members (excludes halogenated alkanes) is 2. The van der Waals surface area contributed by atoms with E-state index < -0.39 is 0 Å². The molecule has 0 bridgehead atoms. The molecule has 0 aliphatic carbocycles. The standard InChI is InChI=1S/C10H17BrO2/c1-3-13-10(12)8-6-4-5-7-9(2)11/h2-8H2,1H3. The molecule has 0 spiro atoms. The van der Waals surface area contributed by atoms with E-state index in [2.05, 4.69) is 22.5 Å². The Morgan fingerprint density at radius 3 is 2.46 bits per heavy atom. The van der Waals surface area contributed by atoms with Crippen LogP contribution in [-0.2, 0) is 9.53 Å². The Morgan fingerprint density at radius 2 is 1.92 bits per heavy atom. The first-order chi connectivity index (χ1) is 6.16. The van der Waals surface area contributed by atoms with E-state index in [0.29, 0.717) is 13.0 Å². The number of esters is 1. The van der Waals surface area contributed by atoms with E-state index in [4.69, 9.17) is 4.74 Å². The minimum Gasteiger partial charge on any atom is -0.466 e. The number of hydrogen-bond donors (Lipinski definition) is 0. The zero-order valence-electron chi connectivity index (χ0n) is 8.14. The summed E-state index contributed by atoms with van der Waals surface area (Å²) < 4.78 is 5.83. The Labute approximate surface area is 88.5 Å². The summed E-state index contributed by atoms with van der Waals surface area (Å²) in [5.41, 5.74) is 0. The fourth-order valence-electron chi connectivity index (χ4n) is 0.996. The Hall–Kier alpha value is -0.310. The number of carbonyl (C=O) groups excluding carboxylic acids is 1. The summed E-state index contributed by atoms with van der Waals surface area (Å²) in [6, 6.07) is 0. The zero-order valence-corrected chi connectivity index (χ0v) is 9.73. The van der Waals surface area contributed by atoms with Crippen molar-refractivity contribution in [3.63, 3.8) is 0 Å². The van der Waals surface area contributed by atoms with Gasteiger partial charge in [0.15, 0.2) is 0 Å². The van der Waals surface area contributed by atoms with Crippen molar-refractivity contribution in [2.45, 2.75) is 39.0 Å². The van der Waals surface area contributed by atoms with Crippen LogP contribution in [-0.4, -0.2) is 12.6 Å². The van der Waals surface area contributed by atoms with Crippen molar-refractivity contribution in [1.82, 2.24) is 0 Å². The summed E-state index contributed by atoms with van der Waals surface area (Å²) in [6.45, 7) is 6.05. The lowest BCUT2D eigenvalue weighted by Crippen LogP contribution is -2.02. The topological polar surface area (TPSA) is 26.3 Å². The Balaban J connectivity index is 3.16. The molecule has 13 heavy (non-hydrogen) atoms. The van der Waals surface area contributed by atoms with Gasteiger partial charge in [-0.05, 0) is 30.7 Å². The molecular weight excluding hydrogens is 232 g/mol. The second-order valence-electron chi connectivity index (χ2n) is 2.88. The van der Waals surface area contributed by atoms with E-state index in [0.717, 1.165) is 30.2 Å². The molecule has 0 aromatic rings. The lowest BCUT2D eigenvalue weighted by atomic mass is 10.1. The van der Waals surface area contributed by atoms with Crippen LogP contribution in [0.5, 0.6) is 0 Å². The minimum atomic E-state index is -0.0832. The summed E-state index contributed by atoms with van der Waals surface area (Å²) in [5.74, 6) is -0.0832. The van der Waals surface area contributed by atoms with Gasteiger partial charge < -0.3 is 4.74 Å². The maximum Gasteiger partial charge on any atom is 0.305 e. The van der Waals surface area contributed by atoms with Gasteiger partial charge >= 0.3 is 5.97 Å². The van der Waals surface area contributed by atoms with Crippen molar-refractivity contribution < 1.29 is 9.53 Å². The monoisotopic (exact) mass is 248 g/mol. The van der Waals surface area contributed by atoms with Crippen molar-refractivity contribution >= 4 is 21.9 Å². The van der Waals surface area contributed by atoms with Crippen LogP contribution in [0.4, 0.5) is 0 Å². The van der Waals surface area contributed by atoms with E-state index in [9.17, 15) is 4.79 Å². The molecule has 0 unspecified atom stereocenters. The van der Waals surface area contributed by atoms with Crippen LogP contribution in [0.1, 0.15) is 39.0 Å². The van der Waals surface area contributed by atoms with Gasteiger partial charge in [0.2, 0.25) is 0 Å². The first-order valence-electron chi connectivity index (χ1n) is 4.65.